The molecule has 0 bridgehead atoms. The first-order chi connectivity index (χ1) is 7.83. The molecule has 16 heavy (non-hydrogen) atoms. The molecule has 3 aromatic rings. The molecule has 3 aromatic heterocycles. The number of H-pyrrole nitrogens is 1. The van der Waals surface area contributed by atoms with Gasteiger partial charge < -0.3 is 5.32 Å². The Bertz CT molecular complexity index is 672. The Labute approximate surface area is 90.6 Å². The molecule has 0 aliphatic heterocycles. The highest BCUT2D eigenvalue weighted by atomic mass is 32.1. The molecule has 0 aliphatic rings. The van der Waals surface area contributed by atoms with Gasteiger partial charge in [0.15, 0.2) is 5.82 Å². The van der Waals surface area contributed by atoms with Crippen molar-refractivity contribution in [2.75, 3.05) is 5.32 Å². The first kappa shape index (κ1) is 8.91. The minimum Gasteiger partial charge on any atom is -0.325 e. The third kappa shape index (κ3) is 1.40. The van der Waals surface area contributed by atoms with Gasteiger partial charge in [0.2, 0.25) is 11.3 Å². The molecule has 0 unspecified atom stereocenters. The van der Waals surface area contributed by atoms with Gasteiger partial charge in [-0.25, -0.2) is 4.63 Å². The molecule has 9 nitrogen and oxygen atoms in total. The highest BCUT2D eigenvalue weighted by Crippen LogP contribution is 2.14. The number of fused-ring (bicyclic) bond motifs is 1. The SMILES string of the molecule is O=c1[nH]c2nonc2nc1Nc1cnns1. The Morgan fingerprint density at radius 2 is 2.38 bits per heavy atom. The summed E-state index contributed by atoms with van der Waals surface area (Å²) in [6.45, 7) is 0. The predicted octanol–water partition coefficient (Wildman–Crippen LogP) is -0.0988. The van der Waals surface area contributed by atoms with Crippen LogP contribution in [-0.4, -0.2) is 29.9 Å². The van der Waals surface area contributed by atoms with Crippen molar-refractivity contribution >= 4 is 33.6 Å². The molecule has 0 aromatic carbocycles. The van der Waals surface area contributed by atoms with Crippen LogP contribution < -0.4 is 10.9 Å². The second kappa shape index (κ2) is 3.34. The molecule has 0 atom stereocenters. The lowest BCUT2D eigenvalue weighted by atomic mass is 10.6. The van der Waals surface area contributed by atoms with Crippen molar-refractivity contribution < 1.29 is 4.63 Å². The lowest BCUT2D eigenvalue weighted by molar-refractivity contribution is 0.314. The van der Waals surface area contributed by atoms with Crippen LogP contribution in [0.1, 0.15) is 0 Å². The van der Waals surface area contributed by atoms with Gasteiger partial charge in [-0.1, -0.05) is 4.49 Å². The third-order valence-electron chi connectivity index (χ3n) is 1.74. The van der Waals surface area contributed by atoms with E-state index < -0.39 is 5.56 Å². The third-order valence-corrected chi connectivity index (χ3v) is 2.32. The minimum atomic E-state index is -0.420. The largest absolute Gasteiger partial charge is 0.325 e. The molecule has 3 rings (SSSR count). The summed E-state index contributed by atoms with van der Waals surface area (Å²) in [5.41, 5.74) is 0.00848. The molecule has 3 heterocycles. The second-order valence-corrected chi connectivity index (χ2v) is 3.54. The molecule has 80 valence electrons. The quantitative estimate of drug-likeness (QED) is 0.633. The maximum Gasteiger partial charge on any atom is 0.292 e. The summed E-state index contributed by atoms with van der Waals surface area (Å²) >= 11 is 1.11. The van der Waals surface area contributed by atoms with E-state index in [0.717, 1.165) is 11.5 Å². The van der Waals surface area contributed by atoms with Crippen molar-refractivity contribution in [2.45, 2.75) is 0 Å². The number of aromatic nitrogens is 6. The van der Waals surface area contributed by atoms with Crippen LogP contribution in [0.2, 0.25) is 0 Å². The van der Waals surface area contributed by atoms with Crippen LogP contribution in [0.5, 0.6) is 0 Å². The Balaban J connectivity index is 2.09. The van der Waals surface area contributed by atoms with Gasteiger partial charge in [0, 0.05) is 11.5 Å². The maximum atomic E-state index is 11.5. The fourth-order valence-electron chi connectivity index (χ4n) is 1.08. The van der Waals surface area contributed by atoms with Gasteiger partial charge in [-0.15, -0.1) is 5.10 Å². The van der Waals surface area contributed by atoms with E-state index in [0.29, 0.717) is 5.00 Å². The van der Waals surface area contributed by atoms with Crippen molar-refractivity contribution in [3.8, 4) is 0 Å². The highest BCUT2D eigenvalue weighted by Gasteiger charge is 2.09. The topological polar surface area (TPSA) is 122 Å². The maximum absolute atomic E-state index is 11.5. The summed E-state index contributed by atoms with van der Waals surface area (Å²) < 4.78 is 8.07. The van der Waals surface area contributed by atoms with Crippen LogP contribution in [0, 0.1) is 0 Å². The molecular weight excluding hydrogens is 234 g/mol. The van der Waals surface area contributed by atoms with Crippen molar-refractivity contribution in [1.82, 2.24) is 29.9 Å². The van der Waals surface area contributed by atoms with E-state index in [1.807, 2.05) is 0 Å². The van der Waals surface area contributed by atoms with Crippen LogP contribution >= 0.6 is 11.5 Å². The molecule has 10 heteroatoms. The lowest BCUT2D eigenvalue weighted by Crippen LogP contribution is -2.13. The van der Waals surface area contributed by atoms with Gasteiger partial charge in [-0.3, -0.25) is 9.78 Å². The van der Waals surface area contributed by atoms with E-state index in [9.17, 15) is 4.79 Å². The number of rotatable bonds is 2. The molecular formula is C6H3N7O2S. The summed E-state index contributed by atoms with van der Waals surface area (Å²) in [5.74, 6) is 0.0919. The van der Waals surface area contributed by atoms with Crippen molar-refractivity contribution in [2.24, 2.45) is 0 Å². The van der Waals surface area contributed by atoms with Crippen LogP contribution in [0.3, 0.4) is 0 Å². The van der Waals surface area contributed by atoms with Crippen molar-refractivity contribution in [1.29, 1.82) is 0 Å². The fourth-order valence-corrected chi connectivity index (χ4v) is 1.50. The Morgan fingerprint density at radius 1 is 1.44 bits per heavy atom. The summed E-state index contributed by atoms with van der Waals surface area (Å²) in [7, 11) is 0. The van der Waals surface area contributed by atoms with Crippen LogP contribution in [0.25, 0.3) is 11.3 Å². The van der Waals surface area contributed by atoms with E-state index >= 15 is 0 Å². The van der Waals surface area contributed by atoms with Gasteiger partial charge >= 0.3 is 0 Å². The van der Waals surface area contributed by atoms with Gasteiger partial charge in [0.05, 0.1) is 6.20 Å². The van der Waals surface area contributed by atoms with Gasteiger partial charge in [-0.05, 0) is 10.3 Å². The zero-order chi connectivity index (χ0) is 11.0. The summed E-state index contributed by atoms with van der Waals surface area (Å²) in [5, 5.41) is 14.0. The zero-order valence-corrected chi connectivity index (χ0v) is 8.35. The highest BCUT2D eigenvalue weighted by molar-refractivity contribution is 7.09. The van der Waals surface area contributed by atoms with Crippen LogP contribution in [0.15, 0.2) is 15.6 Å². The van der Waals surface area contributed by atoms with E-state index in [1.165, 1.54) is 6.20 Å². The standard InChI is InChI=1S/C6H3N7O2S/c14-6-5(8-2-1-7-13-16-2)9-3-4(10-6)12-15-11-3/h1H,(H,8,9,11)(H,10,12,14). The van der Waals surface area contributed by atoms with Gasteiger partial charge in [-0.2, -0.15) is 4.98 Å². The number of hydrogen-bond acceptors (Lipinski definition) is 9. The van der Waals surface area contributed by atoms with Crippen LogP contribution in [-0.2, 0) is 0 Å². The Morgan fingerprint density at radius 3 is 3.19 bits per heavy atom. The first-order valence-electron chi connectivity index (χ1n) is 4.10. The average Bonchev–Trinajstić information content (AvgIpc) is 2.89. The monoisotopic (exact) mass is 237 g/mol. The Kier molecular flexibility index (Phi) is 1.86. The van der Waals surface area contributed by atoms with E-state index in [-0.39, 0.29) is 17.1 Å². The number of aromatic amines is 1. The Hall–Kier alpha value is -2.36. The smallest absolute Gasteiger partial charge is 0.292 e. The van der Waals surface area contributed by atoms with E-state index in [2.05, 4.69) is 39.8 Å². The van der Waals surface area contributed by atoms with Gasteiger partial charge in [0.1, 0.15) is 5.00 Å². The van der Waals surface area contributed by atoms with Crippen molar-refractivity contribution in [3.05, 3.63) is 16.6 Å². The van der Waals surface area contributed by atoms with E-state index in [4.69, 9.17) is 0 Å². The summed E-state index contributed by atoms with van der Waals surface area (Å²) in [6.07, 6.45) is 1.48. The molecule has 0 amide bonds. The average molecular weight is 237 g/mol. The van der Waals surface area contributed by atoms with Crippen LogP contribution in [0.4, 0.5) is 10.8 Å². The van der Waals surface area contributed by atoms with E-state index in [1.54, 1.807) is 0 Å². The second-order valence-electron chi connectivity index (χ2n) is 2.76. The molecule has 0 saturated carbocycles. The molecule has 0 spiro atoms. The first-order valence-corrected chi connectivity index (χ1v) is 4.87. The molecule has 0 saturated heterocycles. The van der Waals surface area contributed by atoms with Crippen molar-refractivity contribution in [3.63, 3.8) is 0 Å². The molecule has 0 radical (unpaired) electrons. The number of nitrogens with one attached hydrogen (secondary N) is 2. The molecule has 0 aliphatic carbocycles. The zero-order valence-electron chi connectivity index (χ0n) is 7.54. The molecule has 0 fully saturated rings. The fraction of sp³-hybridized carbons (Fsp3) is 0. The summed E-state index contributed by atoms with van der Waals surface area (Å²) in [4.78, 5) is 17.9. The number of anilines is 2. The van der Waals surface area contributed by atoms with Gasteiger partial charge in [0.25, 0.3) is 5.56 Å². The minimum absolute atomic E-state index is 0.0919. The number of hydrogen-bond donors (Lipinski definition) is 2. The molecule has 2 N–H and O–H groups in total. The normalized spacial score (nSPS) is 10.8. The number of nitrogens with zero attached hydrogens (tertiary/aromatic N) is 5. The predicted molar refractivity (Wildman–Crippen MR) is 53.4 cm³/mol. The summed E-state index contributed by atoms with van der Waals surface area (Å²) in [6, 6.07) is 0. The lowest BCUT2D eigenvalue weighted by Gasteiger charge is -1.97.